The van der Waals surface area contributed by atoms with Crippen LogP contribution in [0.15, 0.2) is 24.3 Å². The van der Waals surface area contributed by atoms with Gasteiger partial charge in [-0.15, -0.1) is 0 Å². The van der Waals surface area contributed by atoms with Gasteiger partial charge in [0.2, 0.25) is 5.91 Å². The first-order chi connectivity index (χ1) is 26.5. The highest BCUT2D eigenvalue weighted by atomic mass is 31.2. The van der Waals surface area contributed by atoms with Gasteiger partial charge in [0.25, 0.3) is 7.82 Å². The fourth-order valence-electron chi connectivity index (χ4n) is 6.70. The molecule has 0 saturated heterocycles. The SMILES string of the molecule is CCCCC/C=C/CC/C=C/C(O)C(COP(=O)([O-])OCC[N+](C)(C)C)NC(=O)CCCCCCCCCCCCCCCCCCCCCCCCCC. The number of allylic oxidation sites excluding steroid dienone is 3. The van der Waals surface area contributed by atoms with Gasteiger partial charge in [-0.3, -0.25) is 9.36 Å². The number of amides is 1. The predicted octanol–water partition coefficient (Wildman–Crippen LogP) is 12.3. The first-order valence-corrected chi connectivity index (χ1v) is 24.7. The number of rotatable bonds is 42. The Morgan fingerprint density at radius 1 is 0.618 bits per heavy atom. The smallest absolute Gasteiger partial charge is 0.268 e. The zero-order valence-corrected chi connectivity index (χ0v) is 37.8. The lowest BCUT2D eigenvalue weighted by Gasteiger charge is -2.29. The summed E-state index contributed by atoms with van der Waals surface area (Å²) in [7, 11) is 1.25. The summed E-state index contributed by atoms with van der Waals surface area (Å²) in [4.78, 5) is 25.2. The molecule has 1 amide bonds. The molecule has 0 spiro atoms. The van der Waals surface area contributed by atoms with E-state index in [2.05, 4.69) is 31.3 Å². The number of hydrogen-bond donors (Lipinski definition) is 2. The second kappa shape index (κ2) is 38.5. The van der Waals surface area contributed by atoms with Crippen LogP contribution in [0.5, 0.6) is 0 Å². The van der Waals surface area contributed by atoms with Crippen LogP contribution in [-0.2, 0) is 18.4 Å². The van der Waals surface area contributed by atoms with Crippen molar-refractivity contribution >= 4 is 13.7 Å². The molecule has 0 fully saturated rings. The van der Waals surface area contributed by atoms with Crippen molar-refractivity contribution < 1.29 is 32.9 Å². The van der Waals surface area contributed by atoms with E-state index in [4.69, 9.17) is 9.05 Å². The summed E-state index contributed by atoms with van der Waals surface area (Å²) in [5.41, 5.74) is 0. The zero-order chi connectivity index (χ0) is 40.7. The molecular weight excluding hydrogens is 707 g/mol. The van der Waals surface area contributed by atoms with Gasteiger partial charge in [0.05, 0.1) is 39.9 Å². The molecule has 0 bridgehead atoms. The van der Waals surface area contributed by atoms with Gasteiger partial charge in [-0.05, 0) is 32.1 Å². The zero-order valence-electron chi connectivity index (χ0n) is 36.9. The molecule has 326 valence electrons. The van der Waals surface area contributed by atoms with Crippen molar-refractivity contribution in [1.29, 1.82) is 0 Å². The molecule has 0 heterocycles. The van der Waals surface area contributed by atoms with E-state index in [-0.39, 0.29) is 19.1 Å². The monoisotopic (exact) mass is 799 g/mol. The number of nitrogens with one attached hydrogen (secondary N) is 1. The van der Waals surface area contributed by atoms with Gasteiger partial charge in [0.1, 0.15) is 13.2 Å². The molecule has 3 unspecified atom stereocenters. The van der Waals surface area contributed by atoms with Crippen molar-refractivity contribution in [2.45, 2.75) is 225 Å². The van der Waals surface area contributed by atoms with E-state index in [1.807, 2.05) is 27.2 Å². The molecule has 0 aromatic carbocycles. The summed E-state index contributed by atoms with van der Waals surface area (Å²) < 4.78 is 23.1. The average molecular weight is 799 g/mol. The Balaban J connectivity index is 4.14. The average Bonchev–Trinajstić information content (AvgIpc) is 3.13. The van der Waals surface area contributed by atoms with Gasteiger partial charge in [0.15, 0.2) is 0 Å². The lowest BCUT2D eigenvalue weighted by molar-refractivity contribution is -0.870. The van der Waals surface area contributed by atoms with E-state index in [1.54, 1.807) is 6.08 Å². The van der Waals surface area contributed by atoms with Gasteiger partial charge < -0.3 is 28.8 Å². The van der Waals surface area contributed by atoms with Crippen LogP contribution < -0.4 is 10.2 Å². The Hall–Kier alpha value is -1.02. The number of unbranched alkanes of at least 4 members (excludes halogenated alkanes) is 27. The molecule has 0 rings (SSSR count). The van der Waals surface area contributed by atoms with Crippen LogP contribution in [0.3, 0.4) is 0 Å². The van der Waals surface area contributed by atoms with Crippen LogP contribution in [0, 0.1) is 0 Å². The minimum absolute atomic E-state index is 0.00468. The predicted molar refractivity (Wildman–Crippen MR) is 233 cm³/mol. The maximum Gasteiger partial charge on any atom is 0.268 e. The number of aliphatic hydroxyl groups is 1. The van der Waals surface area contributed by atoms with Gasteiger partial charge in [0, 0.05) is 6.42 Å². The summed E-state index contributed by atoms with van der Waals surface area (Å²) >= 11 is 0. The lowest BCUT2D eigenvalue weighted by atomic mass is 10.0. The molecular formula is C46H91N2O6P. The number of quaternary nitrogens is 1. The Labute approximate surface area is 341 Å². The van der Waals surface area contributed by atoms with Gasteiger partial charge in [-0.1, -0.05) is 199 Å². The third kappa shape index (κ3) is 41.0. The Morgan fingerprint density at radius 3 is 1.47 bits per heavy atom. The van der Waals surface area contributed by atoms with Gasteiger partial charge >= 0.3 is 0 Å². The first-order valence-electron chi connectivity index (χ1n) is 23.2. The fourth-order valence-corrected chi connectivity index (χ4v) is 7.42. The molecule has 0 aromatic rings. The van der Waals surface area contributed by atoms with Crippen LogP contribution in [0.2, 0.25) is 0 Å². The number of phosphoric ester groups is 1. The number of hydrogen-bond acceptors (Lipinski definition) is 6. The second-order valence-corrected chi connectivity index (χ2v) is 18.5. The summed E-state index contributed by atoms with van der Waals surface area (Å²) in [5.74, 6) is -0.207. The van der Waals surface area contributed by atoms with Crippen molar-refractivity contribution in [2.24, 2.45) is 0 Å². The highest BCUT2D eigenvalue weighted by molar-refractivity contribution is 7.45. The van der Waals surface area contributed by atoms with Crippen LogP contribution in [-0.4, -0.2) is 68.5 Å². The quantitative estimate of drug-likeness (QED) is 0.0276. The van der Waals surface area contributed by atoms with E-state index in [0.717, 1.165) is 38.5 Å². The highest BCUT2D eigenvalue weighted by Gasteiger charge is 2.23. The molecule has 0 aromatic heterocycles. The summed E-state index contributed by atoms with van der Waals surface area (Å²) in [6.45, 7) is 4.58. The van der Waals surface area contributed by atoms with E-state index in [9.17, 15) is 19.4 Å². The van der Waals surface area contributed by atoms with Crippen molar-refractivity contribution in [3.63, 3.8) is 0 Å². The van der Waals surface area contributed by atoms with Crippen LogP contribution in [0.25, 0.3) is 0 Å². The molecule has 0 radical (unpaired) electrons. The molecule has 55 heavy (non-hydrogen) atoms. The van der Waals surface area contributed by atoms with Crippen LogP contribution in [0.4, 0.5) is 0 Å². The molecule has 0 saturated carbocycles. The molecule has 0 aliphatic carbocycles. The minimum Gasteiger partial charge on any atom is -0.756 e. The number of likely N-dealkylation sites (N-methyl/N-ethyl adjacent to an activating group) is 1. The molecule has 3 atom stereocenters. The number of phosphoric acid groups is 1. The number of carbonyl (C=O) groups is 1. The molecule has 9 heteroatoms. The Morgan fingerprint density at radius 2 is 1.02 bits per heavy atom. The van der Waals surface area contributed by atoms with E-state index in [1.165, 1.54) is 154 Å². The third-order valence-corrected chi connectivity index (χ3v) is 11.4. The number of carbonyl (C=O) groups excluding carboxylic acids is 1. The number of nitrogens with zero attached hydrogens (tertiary/aromatic N) is 1. The van der Waals surface area contributed by atoms with Crippen molar-refractivity contribution in [1.82, 2.24) is 5.32 Å². The molecule has 8 nitrogen and oxygen atoms in total. The van der Waals surface area contributed by atoms with Crippen LogP contribution in [0.1, 0.15) is 213 Å². The molecule has 2 N–H and O–H groups in total. The topological polar surface area (TPSA) is 108 Å². The standard InChI is InChI=1S/C46H91N2O6P/c1-6-8-10-12-14-16-17-18-19-20-21-22-23-24-25-26-27-28-29-30-32-34-36-38-40-46(50)47-44(43-54-55(51,52)53-42-41-48(3,4)5)45(49)39-37-35-33-31-15-13-11-9-7-2/h15,31,37,39,44-45,49H,6-14,16-30,32-36,38,40-43H2,1-5H3,(H-,47,50,51,52)/b31-15+,39-37+. The van der Waals surface area contributed by atoms with Crippen LogP contribution >= 0.6 is 7.82 Å². The van der Waals surface area contributed by atoms with Crippen molar-refractivity contribution in [2.75, 3.05) is 40.9 Å². The third-order valence-electron chi connectivity index (χ3n) is 10.4. The first kappa shape index (κ1) is 54.0. The van der Waals surface area contributed by atoms with Gasteiger partial charge in [-0.2, -0.15) is 0 Å². The maximum absolute atomic E-state index is 12.8. The number of aliphatic hydroxyl groups excluding tert-OH is 1. The van der Waals surface area contributed by atoms with E-state index in [0.29, 0.717) is 17.4 Å². The maximum atomic E-state index is 12.8. The van der Waals surface area contributed by atoms with Gasteiger partial charge in [-0.25, -0.2) is 0 Å². The Bertz CT molecular complexity index is 953. The van der Waals surface area contributed by atoms with E-state index < -0.39 is 20.0 Å². The molecule has 0 aliphatic heterocycles. The second-order valence-electron chi connectivity index (χ2n) is 17.1. The normalized spacial score (nSPS) is 14.5. The van der Waals surface area contributed by atoms with Crippen molar-refractivity contribution in [3.8, 4) is 0 Å². The Kier molecular flexibility index (Phi) is 37.8. The summed E-state index contributed by atoms with van der Waals surface area (Å²) in [5, 5.41) is 13.7. The van der Waals surface area contributed by atoms with E-state index >= 15 is 0 Å². The summed E-state index contributed by atoms with van der Waals surface area (Å²) in [6, 6.07) is -0.896. The van der Waals surface area contributed by atoms with Crippen molar-refractivity contribution in [3.05, 3.63) is 24.3 Å². The minimum atomic E-state index is -4.59. The largest absolute Gasteiger partial charge is 0.756 e. The highest BCUT2D eigenvalue weighted by Crippen LogP contribution is 2.38. The lowest BCUT2D eigenvalue weighted by Crippen LogP contribution is -2.45. The summed E-state index contributed by atoms with van der Waals surface area (Å²) in [6.07, 6.45) is 45.4. The fraction of sp³-hybridized carbons (Fsp3) is 0.891. The molecule has 0 aliphatic rings.